The summed E-state index contributed by atoms with van der Waals surface area (Å²) in [6.07, 6.45) is -0.489. The topological polar surface area (TPSA) is 42.4 Å². The Bertz CT molecular complexity index is 703. The molecular weight excluding hydrogens is 312 g/mol. The van der Waals surface area contributed by atoms with Gasteiger partial charge < -0.3 is 4.74 Å². The maximum Gasteiger partial charge on any atom is 0.420 e. The van der Waals surface area contributed by atoms with Crippen LogP contribution in [-0.4, -0.2) is 16.7 Å². The van der Waals surface area contributed by atoms with Crippen molar-refractivity contribution in [3.8, 4) is 0 Å². The summed E-state index contributed by atoms with van der Waals surface area (Å²) in [6, 6.07) is 11.0. The first-order chi connectivity index (χ1) is 10.7. The molecule has 0 spiro atoms. The number of aromatic nitrogens is 1. The Kier molecular flexibility index (Phi) is 4.95. The van der Waals surface area contributed by atoms with Gasteiger partial charge in [0, 0.05) is 0 Å². The molecule has 1 heterocycles. The first-order valence-corrected chi connectivity index (χ1v) is 7.77. The number of anilines is 2. The molecule has 0 atom stereocenters. The van der Waals surface area contributed by atoms with Crippen molar-refractivity contribution in [2.45, 2.75) is 40.2 Å². The minimum Gasteiger partial charge on any atom is -0.443 e. The number of aryl methyl sites for hydroxylation is 2. The standard InChI is InChI=1S/C18H21ClN2O2/c1-12-9-13(2)11-14(10-12)21(17(22)23-18(3,4)5)16-8-6-7-15(19)20-16/h6-11H,1-5H3. The van der Waals surface area contributed by atoms with E-state index < -0.39 is 11.7 Å². The van der Waals surface area contributed by atoms with Gasteiger partial charge >= 0.3 is 6.09 Å². The highest BCUT2D eigenvalue weighted by Crippen LogP contribution is 2.29. The summed E-state index contributed by atoms with van der Waals surface area (Å²) >= 11 is 5.99. The zero-order chi connectivity index (χ0) is 17.2. The van der Waals surface area contributed by atoms with Crippen LogP contribution in [0.5, 0.6) is 0 Å². The van der Waals surface area contributed by atoms with Crippen molar-refractivity contribution >= 4 is 29.2 Å². The summed E-state index contributed by atoms with van der Waals surface area (Å²) in [5.74, 6) is 0.428. The third-order valence-electron chi connectivity index (χ3n) is 2.97. The molecule has 0 aliphatic carbocycles. The van der Waals surface area contributed by atoms with Gasteiger partial charge in [0.15, 0.2) is 0 Å². The van der Waals surface area contributed by atoms with E-state index >= 15 is 0 Å². The van der Waals surface area contributed by atoms with Crippen molar-refractivity contribution in [3.05, 3.63) is 52.7 Å². The number of nitrogens with zero attached hydrogens (tertiary/aromatic N) is 2. The molecule has 0 unspecified atom stereocenters. The van der Waals surface area contributed by atoms with E-state index in [1.54, 1.807) is 18.2 Å². The molecule has 1 aromatic carbocycles. The fourth-order valence-electron chi connectivity index (χ4n) is 2.24. The molecule has 0 radical (unpaired) electrons. The number of hydrogen-bond acceptors (Lipinski definition) is 3. The molecule has 0 fully saturated rings. The van der Waals surface area contributed by atoms with Gasteiger partial charge in [-0.2, -0.15) is 0 Å². The molecule has 2 aromatic rings. The lowest BCUT2D eigenvalue weighted by Gasteiger charge is -2.27. The maximum atomic E-state index is 12.7. The summed E-state index contributed by atoms with van der Waals surface area (Å²) in [5.41, 5.74) is 2.20. The smallest absolute Gasteiger partial charge is 0.420 e. The van der Waals surface area contributed by atoms with Gasteiger partial charge in [-0.15, -0.1) is 0 Å². The number of pyridine rings is 1. The lowest BCUT2D eigenvalue weighted by atomic mass is 10.1. The largest absolute Gasteiger partial charge is 0.443 e. The summed E-state index contributed by atoms with van der Waals surface area (Å²) in [5, 5.41) is 0.320. The van der Waals surface area contributed by atoms with Crippen molar-refractivity contribution in [1.29, 1.82) is 0 Å². The summed E-state index contributed by atoms with van der Waals surface area (Å²) < 4.78 is 5.53. The minimum atomic E-state index is -0.604. The normalized spacial score (nSPS) is 11.2. The lowest BCUT2D eigenvalue weighted by molar-refractivity contribution is 0.0598. The zero-order valence-corrected chi connectivity index (χ0v) is 14.8. The van der Waals surface area contributed by atoms with Gasteiger partial charge in [0.1, 0.15) is 16.6 Å². The number of benzene rings is 1. The molecule has 1 aromatic heterocycles. The Balaban J connectivity index is 2.53. The number of ether oxygens (including phenoxy) is 1. The first kappa shape index (κ1) is 17.3. The monoisotopic (exact) mass is 332 g/mol. The molecule has 0 aliphatic rings. The molecular formula is C18H21ClN2O2. The molecule has 0 saturated heterocycles. The van der Waals surface area contributed by atoms with E-state index in [4.69, 9.17) is 16.3 Å². The number of halogens is 1. The predicted octanol–water partition coefficient (Wildman–Crippen LogP) is 5.43. The van der Waals surface area contributed by atoms with Crippen LogP contribution >= 0.6 is 11.6 Å². The molecule has 0 bridgehead atoms. The predicted molar refractivity (Wildman–Crippen MR) is 93.5 cm³/mol. The van der Waals surface area contributed by atoms with Crippen molar-refractivity contribution < 1.29 is 9.53 Å². The highest BCUT2D eigenvalue weighted by molar-refractivity contribution is 6.29. The van der Waals surface area contributed by atoms with Crippen LogP contribution < -0.4 is 4.90 Å². The molecule has 2 rings (SSSR count). The van der Waals surface area contributed by atoms with E-state index in [-0.39, 0.29) is 0 Å². The van der Waals surface area contributed by atoms with Gasteiger partial charge in [-0.3, -0.25) is 0 Å². The minimum absolute atomic E-state index is 0.320. The van der Waals surface area contributed by atoms with Crippen molar-refractivity contribution in [3.63, 3.8) is 0 Å². The average molecular weight is 333 g/mol. The molecule has 122 valence electrons. The van der Waals surface area contributed by atoms with Gasteiger partial charge in [0.25, 0.3) is 0 Å². The molecule has 23 heavy (non-hydrogen) atoms. The van der Waals surface area contributed by atoms with E-state index in [1.165, 1.54) is 4.90 Å². The van der Waals surface area contributed by atoms with Gasteiger partial charge in [-0.25, -0.2) is 14.7 Å². The van der Waals surface area contributed by atoms with Gasteiger partial charge in [-0.1, -0.05) is 23.7 Å². The fourth-order valence-corrected chi connectivity index (χ4v) is 2.40. The quantitative estimate of drug-likeness (QED) is 0.689. The molecule has 5 heteroatoms. The first-order valence-electron chi connectivity index (χ1n) is 7.40. The van der Waals surface area contributed by atoms with Crippen LogP contribution in [0.2, 0.25) is 5.15 Å². The molecule has 0 N–H and O–H groups in total. The Labute approximate surface area is 142 Å². The molecule has 0 saturated carbocycles. The summed E-state index contributed by atoms with van der Waals surface area (Å²) in [6.45, 7) is 9.45. The van der Waals surface area contributed by atoms with Crippen LogP contribution in [-0.2, 0) is 4.74 Å². The highest BCUT2D eigenvalue weighted by atomic mass is 35.5. The van der Waals surface area contributed by atoms with Crippen LogP contribution in [0, 0.1) is 13.8 Å². The second-order valence-corrected chi connectivity index (χ2v) is 6.87. The van der Waals surface area contributed by atoms with E-state index in [0.29, 0.717) is 16.7 Å². The van der Waals surface area contributed by atoms with Crippen LogP contribution in [0.1, 0.15) is 31.9 Å². The molecule has 1 amide bonds. The summed E-state index contributed by atoms with van der Waals surface area (Å²) in [4.78, 5) is 18.4. The Morgan fingerprint density at radius 1 is 1.13 bits per heavy atom. The Morgan fingerprint density at radius 2 is 1.74 bits per heavy atom. The SMILES string of the molecule is Cc1cc(C)cc(N(C(=O)OC(C)(C)C)c2cccc(Cl)n2)c1. The number of amides is 1. The van der Waals surface area contributed by atoms with Gasteiger partial charge in [0.05, 0.1) is 5.69 Å². The van der Waals surface area contributed by atoms with Crippen molar-refractivity contribution in [2.75, 3.05) is 4.90 Å². The molecule has 0 aliphatic heterocycles. The number of carbonyl (C=O) groups excluding carboxylic acids is 1. The number of rotatable bonds is 2. The lowest BCUT2D eigenvalue weighted by Crippen LogP contribution is -2.34. The number of carbonyl (C=O) groups is 1. The third-order valence-corrected chi connectivity index (χ3v) is 3.18. The Hall–Kier alpha value is -2.07. The zero-order valence-electron chi connectivity index (χ0n) is 14.1. The van der Waals surface area contributed by atoms with E-state index in [2.05, 4.69) is 4.98 Å². The second-order valence-electron chi connectivity index (χ2n) is 6.48. The van der Waals surface area contributed by atoms with E-state index in [9.17, 15) is 4.79 Å². The van der Waals surface area contributed by atoms with Gasteiger partial charge in [-0.05, 0) is 70.0 Å². The third kappa shape index (κ3) is 4.70. The summed E-state index contributed by atoms with van der Waals surface area (Å²) in [7, 11) is 0. The van der Waals surface area contributed by atoms with Crippen LogP contribution in [0.25, 0.3) is 0 Å². The van der Waals surface area contributed by atoms with E-state index in [0.717, 1.165) is 11.1 Å². The Morgan fingerprint density at radius 3 is 2.26 bits per heavy atom. The van der Waals surface area contributed by atoms with Crippen LogP contribution in [0.15, 0.2) is 36.4 Å². The van der Waals surface area contributed by atoms with Crippen LogP contribution in [0.4, 0.5) is 16.3 Å². The average Bonchev–Trinajstić information content (AvgIpc) is 2.35. The van der Waals surface area contributed by atoms with E-state index in [1.807, 2.05) is 52.8 Å². The molecule has 4 nitrogen and oxygen atoms in total. The number of hydrogen-bond donors (Lipinski definition) is 0. The van der Waals surface area contributed by atoms with Crippen LogP contribution in [0.3, 0.4) is 0 Å². The van der Waals surface area contributed by atoms with Gasteiger partial charge in [0.2, 0.25) is 0 Å². The van der Waals surface area contributed by atoms with Crippen molar-refractivity contribution in [1.82, 2.24) is 4.98 Å². The second kappa shape index (κ2) is 6.59. The fraction of sp³-hybridized carbons (Fsp3) is 0.333. The van der Waals surface area contributed by atoms with Crippen molar-refractivity contribution in [2.24, 2.45) is 0 Å². The maximum absolute atomic E-state index is 12.7. The highest BCUT2D eigenvalue weighted by Gasteiger charge is 2.26.